The summed E-state index contributed by atoms with van der Waals surface area (Å²) >= 11 is 0. The van der Waals surface area contributed by atoms with E-state index in [2.05, 4.69) is 31.4 Å². The standard InChI is InChI=1S/C14H26N2O/c1-9-4-5-12(6-10(9)2)16-14(17)13-8-15-7-11(13)3/h9-13,15H,4-8H2,1-3H3,(H,16,17). The normalized spacial score (nSPS) is 42.4. The molecule has 0 spiro atoms. The van der Waals surface area contributed by atoms with Gasteiger partial charge in [0.2, 0.25) is 5.91 Å². The van der Waals surface area contributed by atoms with Crippen molar-refractivity contribution in [2.75, 3.05) is 13.1 Å². The van der Waals surface area contributed by atoms with Crippen molar-refractivity contribution in [1.82, 2.24) is 10.6 Å². The summed E-state index contributed by atoms with van der Waals surface area (Å²) < 4.78 is 0. The quantitative estimate of drug-likeness (QED) is 0.770. The third kappa shape index (κ3) is 3.01. The summed E-state index contributed by atoms with van der Waals surface area (Å²) in [4.78, 5) is 12.2. The van der Waals surface area contributed by atoms with E-state index >= 15 is 0 Å². The average Bonchev–Trinajstić information content (AvgIpc) is 2.70. The second kappa shape index (κ2) is 5.38. The van der Waals surface area contributed by atoms with Crippen molar-refractivity contribution in [3.63, 3.8) is 0 Å². The average molecular weight is 238 g/mol. The molecule has 2 N–H and O–H groups in total. The van der Waals surface area contributed by atoms with Crippen molar-refractivity contribution in [2.24, 2.45) is 23.7 Å². The van der Waals surface area contributed by atoms with Crippen LogP contribution in [0.5, 0.6) is 0 Å². The molecule has 1 saturated heterocycles. The van der Waals surface area contributed by atoms with Crippen LogP contribution in [0, 0.1) is 23.7 Å². The Bertz CT molecular complexity index is 279. The number of rotatable bonds is 2. The Morgan fingerprint density at radius 1 is 1.06 bits per heavy atom. The van der Waals surface area contributed by atoms with Gasteiger partial charge in [0.05, 0.1) is 5.92 Å². The Labute approximate surface area is 105 Å². The maximum Gasteiger partial charge on any atom is 0.224 e. The first-order valence-corrected chi connectivity index (χ1v) is 7.09. The largest absolute Gasteiger partial charge is 0.353 e. The molecule has 0 aromatic carbocycles. The summed E-state index contributed by atoms with van der Waals surface area (Å²) in [6, 6.07) is 0.418. The lowest BCUT2D eigenvalue weighted by Gasteiger charge is -2.33. The van der Waals surface area contributed by atoms with Gasteiger partial charge in [-0.1, -0.05) is 20.8 Å². The van der Waals surface area contributed by atoms with Gasteiger partial charge in [0, 0.05) is 12.6 Å². The molecule has 0 radical (unpaired) electrons. The van der Waals surface area contributed by atoms with E-state index in [-0.39, 0.29) is 11.8 Å². The summed E-state index contributed by atoms with van der Waals surface area (Å²) in [6.45, 7) is 8.63. The van der Waals surface area contributed by atoms with Crippen LogP contribution < -0.4 is 10.6 Å². The summed E-state index contributed by atoms with van der Waals surface area (Å²) in [5, 5.41) is 6.56. The third-order valence-corrected chi connectivity index (χ3v) is 4.80. The first-order valence-electron chi connectivity index (χ1n) is 7.09. The van der Waals surface area contributed by atoms with E-state index in [0.717, 1.165) is 37.8 Å². The lowest BCUT2D eigenvalue weighted by Crippen LogP contribution is -2.44. The van der Waals surface area contributed by atoms with Gasteiger partial charge in [-0.05, 0) is 43.6 Å². The number of carbonyl (C=O) groups is 1. The molecule has 5 atom stereocenters. The molecule has 17 heavy (non-hydrogen) atoms. The van der Waals surface area contributed by atoms with E-state index < -0.39 is 0 Å². The Morgan fingerprint density at radius 3 is 2.41 bits per heavy atom. The first kappa shape index (κ1) is 12.9. The van der Waals surface area contributed by atoms with Crippen molar-refractivity contribution in [2.45, 2.75) is 46.1 Å². The van der Waals surface area contributed by atoms with Crippen molar-refractivity contribution < 1.29 is 4.79 Å². The van der Waals surface area contributed by atoms with Gasteiger partial charge in [0.25, 0.3) is 0 Å². The number of amides is 1. The molecule has 2 aliphatic rings. The zero-order chi connectivity index (χ0) is 12.4. The van der Waals surface area contributed by atoms with Crippen LogP contribution in [0.4, 0.5) is 0 Å². The molecule has 1 aliphatic carbocycles. The molecule has 1 heterocycles. The highest BCUT2D eigenvalue weighted by molar-refractivity contribution is 5.79. The maximum atomic E-state index is 12.2. The van der Waals surface area contributed by atoms with Gasteiger partial charge < -0.3 is 10.6 Å². The van der Waals surface area contributed by atoms with Crippen LogP contribution in [0.15, 0.2) is 0 Å². The predicted molar refractivity (Wildman–Crippen MR) is 69.6 cm³/mol. The van der Waals surface area contributed by atoms with Gasteiger partial charge in [0.15, 0.2) is 0 Å². The van der Waals surface area contributed by atoms with Gasteiger partial charge in [-0.25, -0.2) is 0 Å². The smallest absolute Gasteiger partial charge is 0.224 e. The highest BCUT2D eigenvalue weighted by Crippen LogP contribution is 2.29. The van der Waals surface area contributed by atoms with Crippen LogP contribution in [0.25, 0.3) is 0 Å². The van der Waals surface area contributed by atoms with E-state index in [0.29, 0.717) is 12.0 Å². The van der Waals surface area contributed by atoms with E-state index in [1.807, 2.05) is 0 Å². The zero-order valence-electron chi connectivity index (χ0n) is 11.3. The molecule has 0 aromatic heterocycles. The Balaban J connectivity index is 1.82. The van der Waals surface area contributed by atoms with Gasteiger partial charge in [0.1, 0.15) is 0 Å². The number of nitrogens with one attached hydrogen (secondary N) is 2. The lowest BCUT2D eigenvalue weighted by atomic mass is 9.79. The topological polar surface area (TPSA) is 41.1 Å². The Morgan fingerprint density at radius 2 is 1.82 bits per heavy atom. The molecule has 5 unspecified atom stereocenters. The molecule has 1 aliphatic heterocycles. The first-order chi connectivity index (χ1) is 8.08. The second-order valence-electron chi connectivity index (χ2n) is 6.22. The molecule has 1 amide bonds. The molecule has 98 valence electrons. The van der Waals surface area contributed by atoms with Crippen LogP contribution in [-0.4, -0.2) is 25.0 Å². The highest BCUT2D eigenvalue weighted by atomic mass is 16.2. The minimum absolute atomic E-state index is 0.185. The van der Waals surface area contributed by atoms with Crippen molar-refractivity contribution in [1.29, 1.82) is 0 Å². The fraction of sp³-hybridized carbons (Fsp3) is 0.929. The summed E-state index contributed by atoms with van der Waals surface area (Å²) in [6.07, 6.45) is 3.57. The molecule has 2 fully saturated rings. The molecule has 0 bridgehead atoms. The predicted octanol–water partition coefficient (Wildman–Crippen LogP) is 1.78. The minimum Gasteiger partial charge on any atom is -0.353 e. The lowest BCUT2D eigenvalue weighted by molar-refractivity contribution is -0.126. The number of hydrogen-bond acceptors (Lipinski definition) is 2. The third-order valence-electron chi connectivity index (χ3n) is 4.80. The minimum atomic E-state index is 0.185. The van der Waals surface area contributed by atoms with Crippen LogP contribution in [0.1, 0.15) is 40.0 Å². The molecule has 0 aromatic rings. The summed E-state index contributed by atoms with van der Waals surface area (Å²) in [7, 11) is 0. The molecule has 3 nitrogen and oxygen atoms in total. The van der Waals surface area contributed by atoms with E-state index in [1.165, 1.54) is 6.42 Å². The molecular weight excluding hydrogens is 212 g/mol. The maximum absolute atomic E-state index is 12.2. The SMILES string of the molecule is CC1CCC(NC(=O)C2CNCC2C)CC1C. The highest BCUT2D eigenvalue weighted by Gasteiger charge is 2.32. The fourth-order valence-electron chi connectivity index (χ4n) is 3.15. The van der Waals surface area contributed by atoms with Crippen LogP contribution >= 0.6 is 0 Å². The molecule has 3 heteroatoms. The summed E-state index contributed by atoms with van der Waals surface area (Å²) in [5.74, 6) is 2.50. The van der Waals surface area contributed by atoms with Gasteiger partial charge in [-0.3, -0.25) is 4.79 Å². The molecule has 2 rings (SSSR count). The van der Waals surface area contributed by atoms with Crippen LogP contribution in [0.3, 0.4) is 0 Å². The van der Waals surface area contributed by atoms with Gasteiger partial charge >= 0.3 is 0 Å². The monoisotopic (exact) mass is 238 g/mol. The van der Waals surface area contributed by atoms with Crippen LogP contribution in [0.2, 0.25) is 0 Å². The molecular formula is C14H26N2O. The van der Waals surface area contributed by atoms with Crippen LogP contribution in [-0.2, 0) is 4.79 Å². The fourth-order valence-corrected chi connectivity index (χ4v) is 3.15. The van der Waals surface area contributed by atoms with Crippen molar-refractivity contribution >= 4 is 5.91 Å². The van der Waals surface area contributed by atoms with Gasteiger partial charge in [-0.2, -0.15) is 0 Å². The van der Waals surface area contributed by atoms with E-state index in [9.17, 15) is 4.79 Å². The van der Waals surface area contributed by atoms with E-state index in [4.69, 9.17) is 0 Å². The number of hydrogen-bond donors (Lipinski definition) is 2. The Hall–Kier alpha value is -0.570. The number of carbonyl (C=O) groups excluding carboxylic acids is 1. The Kier molecular flexibility index (Phi) is 4.08. The molecule has 1 saturated carbocycles. The van der Waals surface area contributed by atoms with Crippen molar-refractivity contribution in [3.8, 4) is 0 Å². The zero-order valence-corrected chi connectivity index (χ0v) is 11.3. The summed E-state index contributed by atoms with van der Waals surface area (Å²) in [5.41, 5.74) is 0. The second-order valence-corrected chi connectivity index (χ2v) is 6.22. The van der Waals surface area contributed by atoms with E-state index in [1.54, 1.807) is 0 Å². The van der Waals surface area contributed by atoms with Crippen molar-refractivity contribution in [3.05, 3.63) is 0 Å². The van der Waals surface area contributed by atoms with Gasteiger partial charge in [-0.15, -0.1) is 0 Å².